The first-order valence-electron chi connectivity index (χ1n) is 12.7. The van der Waals surface area contributed by atoms with Crippen molar-refractivity contribution in [1.82, 2.24) is 0 Å². The van der Waals surface area contributed by atoms with E-state index in [1.54, 1.807) is 6.08 Å². The number of fused-ring (bicyclic) bond motifs is 3. The Balaban J connectivity index is 0.000000540. The van der Waals surface area contributed by atoms with Crippen molar-refractivity contribution in [3.05, 3.63) is 157 Å². The zero-order valence-corrected chi connectivity index (χ0v) is 21.4. The minimum absolute atomic E-state index is 0.111. The summed E-state index contributed by atoms with van der Waals surface area (Å²) < 4.78 is 0. The summed E-state index contributed by atoms with van der Waals surface area (Å²) in [5, 5.41) is 3.47. The molecule has 0 bridgehead atoms. The number of benzene rings is 5. The van der Waals surface area contributed by atoms with Gasteiger partial charge >= 0.3 is 0 Å². The Labute approximate surface area is 224 Å². The minimum Gasteiger partial charge on any atom is -0.356 e. The topological polar surface area (TPSA) is 29.1 Å². The van der Waals surface area contributed by atoms with Crippen LogP contribution in [0.25, 0.3) is 33.4 Å². The molecule has 0 saturated heterocycles. The van der Waals surface area contributed by atoms with Gasteiger partial charge in [0, 0.05) is 22.5 Å². The Hall–Kier alpha value is -4.95. The predicted molar refractivity (Wildman–Crippen MR) is 161 cm³/mol. The Morgan fingerprint density at radius 3 is 1.63 bits per heavy atom. The van der Waals surface area contributed by atoms with Gasteiger partial charge in [-0.1, -0.05) is 116 Å². The molecule has 0 spiro atoms. The van der Waals surface area contributed by atoms with Crippen molar-refractivity contribution in [2.75, 3.05) is 5.32 Å². The van der Waals surface area contributed by atoms with Gasteiger partial charge in [0.1, 0.15) is 0 Å². The standard InChI is InChI=1S/C31H21NO.C5H8/c33-31-29-9-5-4-8-27(29)28-19-14-24(20-30(28)31)23-12-17-26(18-13-23)32-25-15-10-22(11-16-25)21-6-2-1-3-7-21;1-3-5-4-2/h1-20,32H;3-5H,1H2,2H3/b;5-4-. The van der Waals surface area contributed by atoms with E-state index < -0.39 is 0 Å². The number of rotatable bonds is 5. The van der Waals surface area contributed by atoms with Crippen LogP contribution in [0.3, 0.4) is 0 Å². The lowest BCUT2D eigenvalue weighted by Gasteiger charge is -2.10. The Morgan fingerprint density at radius 1 is 0.553 bits per heavy atom. The van der Waals surface area contributed by atoms with Gasteiger partial charge in [-0.05, 0) is 70.6 Å². The van der Waals surface area contributed by atoms with E-state index in [0.717, 1.165) is 44.8 Å². The van der Waals surface area contributed by atoms with Crippen LogP contribution < -0.4 is 5.32 Å². The third-order valence-corrected chi connectivity index (χ3v) is 6.55. The lowest BCUT2D eigenvalue weighted by atomic mass is 9.99. The molecule has 5 aromatic carbocycles. The van der Waals surface area contributed by atoms with Gasteiger partial charge in [-0.15, -0.1) is 0 Å². The second kappa shape index (κ2) is 11.4. The summed E-state index contributed by atoms with van der Waals surface area (Å²) in [6.07, 6.45) is 5.58. The zero-order valence-electron chi connectivity index (χ0n) is 21.4. The first-order chi connectivity index (χ1) is 18.7. The van der Waals surface area contributed by atoms with Crippen LogP contribution in [-0.4, -0.2) is 5.78 Å². The molecule has 184 valence electrons. The number of carbonyl (C=O) groups is 1. The summed E-state index contributed by atoms with van der Waals surface area (Å²) in [5.41, 5.74) is 10.3. The van der Waals surface area contributed by atoms with E-state index >= 15 is 0 Å². The summed E-state index contributed by atoms with van der Waals surface area (Å²) in [4.78, 5) is 12.8. The van der Waals surface area contributed by atoms with Crippen LogP contribution in [0.1, 0.15) is 22.8 Å². The second-order valence-corrected chi connectivity index (χ2v) is 9.04. The van der Waals surface area contributed by atoms with Crippen LogP contribution in [0.5, 0.6) is 0 Å². The molecule has 0 heterocycles. The van der Waals surface area contributed by atoms with Crippen molar-refractivity contribution < 1.29 is 4.79 Å². The third kappa shape index (κ3) is 5.25. The van der Waals surface area contributed by atoms with Crippen LogP contribution in [0, 0.1) is 0 Å². The van der Waals surface area contributed by atoms with E-state index in [1.807, 2.05) is 55.5 Å². The lowest BCUT2D eigenvalue weighted by Crippen LogP contribution is -1.95. The van der Waals surface area contributed by atoms with Gasteiger partial charge in [0.05, 0.1) is 0 Å². The van der Waals surface area contributed by atoms with Crippen molar-refractivity contribution in [3.8, 4) is 33.4 Å². The maximum Gasteiger partial charge on any atom is 0.194 e. The fourth-order valence-electron chi connectivity index (χ4n) is 4.63. The van der Waals surface area contributed by atoms with Gasteiger partial charge in [0.25, 0.3) is 0 Å². The molecule has 0 aliphatic heterocycles. The van der Waals surface area contributed by atoms with Crippen molar-refractivity contribution in [2.24, 2.45) is 0 Å². The molecule has 0 amide bonds. The van der Waals surface area contributed by atoms with Gasteiger partial charge in [-0.2, -0.15) is 0 Å². The average molecular weight is 492 g/mol. The largest absolute Gasteiger partial charge is 0.356 e. The molecular formula is C36H29NO. The highest BCUT2D eigenvalue weighted by atomic mass is 16.1. The highest BCUT2D eigenvalue weighted by Gasteiger charge is 2.26. The van der Waals surface area contributed by atoms with E-state index in [1.165, 1.54) is 11.1 Å². The zero-order chi connectivity index (χ0) is 26.3. The minimum atomic E-state index is 0.111. The summed E-state index contributed by atoms with van der Waals surface area (Å²) in [6, 6.07) is 41.2. The molecule has 0 unspecified atom stereocenters. The molecule has 5 aromatic rings. The van der Waals surface area contributed by atoms with Gasteiger partial charge in [0.15, 0.2) is 5.78 Å². The van der Waals surface area contributed by atoms with E-state index in [0.29, 0.717) is 0 Å². The first-order valence-corrected chi connectivity index (χ1v) is 12.7. The number of carbonyl (C=O) groups excluding carboxylic acids is 1. The number of ketones is 1. The molecule has 2 nitrogen and oxygen atoms in total. The monoisotopic (exact) mass is 491 g/mol. The molecule has 0 fully saturated rings. The molecule has 0 atom stereocenters. The Bertz CT molecular complexity index is 1590. The number of hydrogen-bond donors (Lipinski definition) is 1. The predicted octanol–water partition coefficient (Wildman–Crippen LogP) is 9.72. The molecule has 0 radical (unpaired) electrons. The molecule has 0 aromatic heterocycles. The van der Waals surface area contributed by atoms with E-state index in [9.17, 15) is 4.79 Å². The highest BCUT2D eigenvalue weighted by molar-refractivity contribution is 6.22. The van der Waals surface area contributed by atoms with Crippen LogP contribution in [0.4, 0.5) is 11.4 Å². The Morgan fingerprint density at radius 2 is 1.05 bits per heavy atom. The maximum absolute atomic E-state index is 12.8. The van der Waals surface area contributed by atoms with Crippen molar-refractivity contribution in [2.45, 2.75) is 6.92 Å². The fraction of sp³-hybridized carbons (Fsp3) is 0.0278. The van der Waals surface area contributed by atoms with Crippen LogP contribution >= 0.6 is 0 Å². The number of allylic oxidation sites excluding steroid dienone is 3. The summed E-state index contributed by atoms with van der Waals surface area (Å²) >= 11 is 0. The number of nitrogens with one attached hydrogen (secondary N) is 1. The van der Waals surface area contributed by atoms with E-state index in [-0.39, 0.29) is 5.78 Å². The van der Waals surface area contributed by atoms with Gasteiger partial charge in [0.2, 0.25) is 0 Å². The van der Waals surface area contributed by atoms with Gasteiger partial charge in [-0.3, -0.25) is 4.79 Å². The smallest absolute Gasteiger partial charge is 0.194 e. The highest BCUT2D eigenvalue weighted by Crippen LogP contribution is 2.38. The molecule has 2 heteroatoms. The van der Waals surface area contributed by atoms with E-state index in [2.05, 4.69) is 96.8 Å². The van der Waals surface area contributed by atoms with Gasteiger partial charge in [-0.25, -0.2) is 0 Å². The first kappa shape index (κ1) is 24.7. The van der Waals surface area contributed by atoms with Crippen LogP contribution in [0.15, 0.2) is 146 Å². The molecule has 1 N–H and O–H groups in total. The number of hydrogen-bond acceptors (Lipinski definition) is 2. The maximum atomic E-state index is 12.8. The van der Waals surface area contributed by atoms with Crippen molar-refractivity contribution in [1.29, 1.82) is 0 Å². The van der Waals surface area contributed by atoms with Gasteiger partial charge < -0.3 is 5.32 Å². The number of anilines is 2. The fourth-order valence-corrected chi connectivity index (χ4v) is 4.63. The van der Waals surface area contributed by atoms with Crippen molar-refractivity contribution >= 4 is 17.2 Å². The lowest BCUT2D eigenvalue weighted by molar-refractivity contribution is 0.104. The summed E-state index contributed by atoms with van der Waals surface area (Å²) in [5.74, 6) is 0.111. The molecule has 0 saturated carbocycles. The summed E-state index contributed by atoms with van der Waals surface area (Å²) in [6.45, 7) is 5.42. The molecule has 6 rings (SSSR count). The molecular weight excluding hydrogens is 462 g/mol. The van der Waals surface area contributed by atoms with Crippen LogP contribution in [-0.2, 0) is 0 Å². The average Bonchev–Trinajstić information content (AvgIpc) is 3.26. The quantitative estimate of drug-likeness (QED) is 0.243. The van der Waals surface area contributed by atoms with E-state index in [4.69, 9.17) is 0 Å². The summed E-state index contributed by atoms with van der Waals surface area (Å²) in [7, 11) is 0. The normalized spacial score (nSPS) is 11.3. The third-order valence-electron chi connectivity index (χ3n) is 6.55. The molecule has 38 heavy (non-hydrogen) atoms. The van der Waals surface area contributed by atoms with Crippen molar-refractivity contribution in [3.63, 3.8) is 0 Å². The second-order valence-electron chi connectivity index (χ2n) is 9.04. The Kier molecular flexibility index (Phi) is 7.42. The van der Waals surface area contributed by atoms with Crippen LogP contribution in [0.2, 0.25) is 0 Å². The molecule has 1 aliphatic carbocycles. The molecule has 1 aliphatic rings. The SMILES string of the molecule is C=C/C=C\C.O=C1c2ccccc2-c2ccc(-c3ccc(Nc4ccc(-c5ccccc5)cc4)cc3)cc21.